The van der Waals surface area contributed by atoms with Crippen LogP contribution in [0.4, 0.5) is 5.69 Å². The lowest BCUT2D eigenvalue weighted by Crippen LogP contribution is -2.10. The molecule has 15 heavy (non-hydrogen) atoms. The predicted molar refractivity (Wildman–Crippen MR) is 60.9 cm³/mol. The fourth-order valence-electron chi connectivity index (χ4n) is 1.29. The number of aryl methyl sites for hydroxylation is 1. The summed E-state index contributed by atoms with van der Waals surface area (Å²) >= 11 is 0. The second-order valence-corrected chi connectivity index (χ2v) is 3.60. The smallest absolute Gasteiger partial charge is 0.340 e. The van der Waals surface area contributed by atoms with Crippen molar-refractivity contribution >= 4 is 11.7 Å². The third-order valence-corrected chi connectivity index (χ3v) is 2.44. The summed E-state index contributed by atoms with van der Waals surface area (Å²) in [5.41, 5.74) is 8.87. The van der Waals surface area contributed by atoms with Crippen LogP contribution in [0.15, 0.2) is 12.1 Å². The molecule has 3 nitrogen and oxygen atoms in total. The third kappa shape index (κ3) is 2.49. The van der Waals surface area contributed by atoms with Crippen LogP contribution in [-0.2, 0) is 4.74 Å². The molecule has 0 aliphatic heterocycles. The Labute approximate surface area is 90.2 Å². The van der Waals surface area contributed by atoms with Gasteiger partial charge in [0, 0.05) is 5.69 Å². The Kier molecular flexibility index (Phi) is 3.72. The molecule has 0 fully saturated rings. The van der Waals surface area contributed by atoms with E-state index in [2.05, 4.69) is 0 Å². The molecular formula is C12H17NO2. The largest absolute Gasteiger partial charge is 0.462 e. The van der Waals surface area contributed by atoms with E-state index in [9.17, 15) is 4.79 Å². The molecule has 0 aliphatic carbocycles. The second-order valence-electron chi connectivity index (χ2n) is 3.60. The van der Waals surface area contributed by atoms with Crippen LogP contribution in [0.25, 0.3) is 0 Å². The van der Waals surface area contributed by atoms with Gasteiger partial charge in [0.2, 0.25) is 0 Å². The fourth-order valence-corrected chi connectivity index (χ4v) is 1.29. The maximum atomic E-state index is 11.6. The van der Waals surface area contributed by atoms with Crippen molar-refractivity contribution in [2.45, 2.75) is 27.2 Å². The van der Waals surface area contributed by atoms with E-state index in [1.54, 1.807) is 6.07 Å². The highest BCUT2D eigenvalue weighted by molar-refractivity contribution is 5.96. The van der Waals surface area contributed by atoms with Crippen molar-refractivity contribution in [1.29, 1.82) is 0 Å². The Morgan fingerprint density at radius 2 is 2.07 bits per heavy atom. The van der Waals surface area contributed by atoms with E-state index in [-0.39, 0.29) is 5.97 Å². The number of hydrogen-bond acceptors (Lipinski definition) is 3. The Hall–Kier alpha value is -1.51. The molecule has 0 amide bonds. The highest BCUT2D eigenvalue weighted by atomic mass is 16.5. The number of rotatable bonds is 3. The molecule has 0 radical (unpaired) electrons. The molecule has 0 aliphatic rings. The summed E-state index contributed by atoms with van der Waals surface area (Å²) in [5, 5.41) is 0. The van der Waals surface area contributed by atoms with E-state index < -0.39 is 0 Å². The molecule has 3 heteroatoms. The minimum Gasteiger partial charge on any atom is -0.462 e. The zero-order chi connectivity index (χ0) is 11.4. The zero-order valence-corrected chi connectivity index (χ0v) is 9.46. The summed E-state index contributed by atoms with van der Waals surface area (Å²) in [4.78, 5) is 11.6. The first-order chi connectivity index (χ1) is 7.07. The van der Waals surface area contributed by atoms with Crippen molar-refractivity contribution < 1.29 is 9.53 Å². The van der Waals surface area contributed by atoms with Crippen LogP contribution < -0.4 is 5.73 Å². The topological polar surface area (TPSA) is 52.3 Å². The summed E-state index contributed by atoms with van der Waals surface area (Å²) in [7, 11) is 0. The van der Waals surface area contributed by atoms with Crippen molar-refractivity contribution in [3.05, 3.63) is 28.8 Å². The fraction of sp³-hybridized carbons (Fsp3) is 0.417. The highest BCUT2D eigenvalue weighted by Gasteiger charge is 2.13. The van der Waals surface area contributed by atoms with Gasteiger partial charge in [-0.3, -0.25) is 0 Å². The van der Waals surface area contributed by atoms with Gasteiger partial charge in [0.25, 0.3) is 0 Å². The van der Waals surface area contributed by atoms with Crippen LogP contribution in [0.3, 0.4) is 0 Å². The Balaban J connectivity index is 2.95. The van der Waals surface area contributed by atoms with Crippen LogP contribution in [0, 0.1) is 13.8 Å². The Morgan fingerprint density at radius 3 is 2.67 bits per heavy atom. The van der Waals surface area contributed by atoms with Crippen molar-refractivity contribution in [1.82, 2.24) is 0 Å². The number of nitrogen functional groups attached to an aromatic ring is 1. The van der Waals surface area contributed by atoms with Gasteiger partial charge in [-0.05, 0) is 37.5 Å². The normalized spacial score (nSPS) is 10.1. The minimum atomic E-state index is -0.336. The molecule has 0 saturated carbocycles. The van der Waals surface area contributed by atoms with Gasteiger partial charge >= 0.3 is 5.97 Å². The molecule has 82 valence electrons. The quantitative estimate of drug-likeness (QED) is 0.612. The van der Waals surface area contributed by atoms with Crippen molar-refractivity contribution in [3.63, 3.8) is 0 Å². The number of carbonyl (C=O) groups excluding carboxylic acids is 1. The molecule has 0 atom stereocenters. The lowest BCUT2D eigenvalue weighted by atomic mass is 10.0. The lowest BCUT2D eigenvalue weighted by molar-refractivity contribution is 0.0506. The van der Waals surface area contributed by atoms with Crippen LogP contribution >= 0.6 is 0 Å². The minimum absolute atomic E-state index is 0.336. The van der Waals surface area contributed by atoms with Gasteiger partial charge in [-0.15, -0.1) is 0 Å². The van der Waals surface area contributed by atoms with Gasteiger partial charge in [-0.2, -0.15) is 0 Å². The van der Waals surface area contributed by atoms with Crippen molar-refractivity contribution in [2.24, 2.45) is 0 Å². The van der Waals surface area contributed by atoms with E-state index >= 15 is 0 Å². The summed E-state index contributed by atoms with van der Waals surface area (Å²) in [6.45, 7) is 6.26. The number of nitrogens with two attached hydrogens (primary N) is 1. The number of anilines is 1. The molecule has 0 saturated heterocycles. The SMILES string of the molecule is CCCOC(=O)c1ccc(C)c(C)c1N. The first-order valence-corrected chi connectivity index (χ1v) is 5.10. The van der Waals surface area contributed by atoms with Crippen LogP contribution in [0.5, 0.6) is 0 Å². The van der Waals surface area contributed by atoms with Crippen LogP contribution in [0.2, 0.25) is 0 Å². The summed E-state index contributed by atoms with van der Waals surface area (Å²) < 4.78 is 5.03. The number of ether oxygens (including phenoxy) is 1. The maximum absolute atomic E-state index is 11.6. The molecule has 0 aromatic heterocycles. The van der Waals surface area contributed by atoms with E-state index in [0.29, 0.717) is 17.9 Å². The van der Waals surface area contributed by atoms with Crippen LogP contribution in [-0.4, -0.2) is 12.6 Å². The second kappa shape index (κ2) is 4.82. The highest BCUT2D eigenvalue weighted by Crippen LogP contribution is 2.21. The third-order valence-electron chi connectivity index (χ3n) is 2.44. The first-order valence-electron chi connectivity index (χ1n) is 5.10. The van der Waals surface area contributed by atoms with Crippen molar-refractivity contribution in [2.75, 3.05) is 12.3 Å². The van der Waals surface area contributed by atoms with Gasteiger partial charge < -0.3 is 10.5 Å². The van der Waals surface area contributed by atoms with Gasteiger partial charge in [0.05, 0.1) is 12.2 Å². The van der Waals surface area contributed by atoms with Gasteiger partial charge in [0.15, 0.2) is 0 Å². The summed E-state index contributed by atoms with van der Waals surface area (Å²) in [6.07, 6.45) is 0.816. The summed E-state index contributed by atoms with van der Waals surface area (Å²) in [5.74, 6) is -0.336. The number of hydrogen-bond donors (Lipinski definition) is 1. The van der Waals surface area contributed by atoms with Gasteiger partial charge in [-0.25, -0.2) is 4.79 Å². The average Bonchev–Trinajstić information content (AvgIpc) is 2.23. The first kappa shape index (κ1) is 11.6. The Morgan fingerprint density at radius 1 is 1.40 bits per heavy atom. The number of esters is 1. The maximum Gasteiger partial charge on any atom is 0.340 e. The Bertz CT molecular complexity index is 372. The summed E-state index contributed by atoms with van der Waals surface area (Å²) in [6, 6.07) is 3.60. The van der Waals surface area contributed by atoms with Crippen molar-refractivity contribution in [3.8, 4) is 0 Å². The molecule has 0 unspecified atom stereocenters. The van der Waals surface area contributed by atoms with E-state index in [1.165, 1.54) is 0 Å². The van der Waals surface area contributed by atoms with E-state index in [1.807, 2.05) is 26.8 Å². The predicted octanol–water partition coefficient (Wildman–Crippen LogP) is 2.45. The monoisotopic (exact) mass is 207 g/mol. The molecule has 0 spiro atoms. The van der Waals surface area contributed by atoms with Gasteiger partial charge in [-0.1, -0.05) is 13.0 Å². The van der Waals surface area contributed by atoms with E-state index in [0.717, 1.165) is 17.5 Å². The molecule has 0 bridgehead atoms. The molecule has 0 heterocycles. The van der Waals surface area contributed by atoms with Gasteiger partial charge in [0.1, 0.15) is 0 Å². The lowest BCUT2D eigenvalue weighted by Gasteiger charge is -2.10. The molecule has 1 aromatic rings. The van der Waals surface area contributed by atoms with E-state index in [4.69, 9.17) is 10.5 Å². The number of carbonyl (C=O) groups is 1. The number of benzene rings is 1. The molecule has 1 aromatic carbocycles. The zero-order valence-electron chi connectivity index (χ0n) is 9.46. The standard InChI is InChI=1S/C12H17NO2/c1-4-7-15-12(14)10-6-5-8(2)9(3)11(10)13/h5-6H,4,7,13H2,1-3H3. The molecule has 2 N–H and O–H groups in total. The van der Waals surface area contributed by atoms with Crippen LogP contribution in [0.1, 0.15) is 34.8 Å². The molecular weight excluding hydrogens is 190 g/mol. The molecule has 1 rings (SSSR count). The average molecular weight is 207 g/mol.